The van der Waals surface area contributed by atoms with Crippen molar-refractivity contribution in [3.63, 3.8) is 0 Å². The number of nitrogens with zero attached hydrogens (tertiary/aromatic N) is 3. The van der Waals surface area contributed by atoms with Gasteiger partial charge in [0.1, 0.15) is 0 Å². The van der Waals surface area contributed by atoms with Crippen molar-refractivity contribution in [3.8, 4) is 0 Å². The number of carbonyl (C=O) groups excluding carboxylic acids is 1. The first-order chi connectivity index (χ1) is 6.77. The van der Waals surface area contributed by atoms with Crippen LogP contribution in [0.15, 0.2) is 11.3 Å². The summed E-state index contributed by atoms with van der Waals surface area (Å²) in [7, 11) is 0. The lowest BCUT2D eigenvalue weighted by Gasteiger charge is -2.02. The molecule has 0 bridgehead atoms. The van der Waals surface area contributed by atoms with E-state index in [1.54, 1.807) is 6.92 Å². The van der Waals surface area contributed by atoms with Crippen molar-refractivity contribution in [1.29, 1.82) is 0 Å². The molecular weight excluding hydrogens is 186 g/mol. The number of aromatic nitrogens is 4. The molecule has 2 heterocycles. The number of carbonyl (C=O) groups is 1. The predicted octanol–water partition coefficient (Wildman–Crippen LogP) is -0.168. The third-order valence-corrected chi connectivity index (χ3v) is 1.93. The van der Waals surface area contributed by atoms with Crippen LogP contribution in [0.2, 0.25) is 0 Å². The van der Waals surface area contributed by atoms with Gasteiger partial charge in [-0.25, -0.2) is 4.79 Å². The Morgan fingerprint density at radius 2 is 2.50 bits per heavy atom. The Morgan fingerprint density at radius 1 is 1.64 bits per heavy atom. The van der Waals surface area contributed by atoms with Crippen LogP contribution < -0.4 is 5.32 Å². The molecule has 7 heteroatoms. The number of cyclic esters (lactones) is 1. The number of hydrogen-bond acceptors (Lipinski definition) is 6. The maximum atomic E-state index is 11.2. The number of H-pyrrole nitrogens is 1. The van der Waals surface area contributed by atoms with Gasteiger partial charge in [-0.1, -0.05) is 5.10 Å². The van der Waals surface area contributed by atoms with Crippen LogP contribution in [-0.4, -0.2) is 33.2 Å². The van der Waals surface area contributed by atoms with Gasteiger partial charge in [-0.15, -0.1) is 5.10 Å². The minimum atomic E-state index is -0.279. The standard InChI is InChI=1S/C7H9N5O2/c1-4(5-2-3-14-6(5)13)8-7-9-11-12-10-7/h2-3H2,1H3,(H2,8,9,10,11,12)/b5-4-. The number of hydrogen-bond donors (Lipinski definition) is 2. The first-order valence-corrected chi connectivity index (χ1v) is 4.14. The third-order valence-electron chi connectivity index (χ3n) is 1.93. The lowest BCUT2D eigenvalue weighted by atomic mass is 10.2. The van der Waals surface area contributed by atoms with E-state index in [2.05, 4.69) is 25.9 Å². The molecule has 0 unspecified atom stereocenters. The summed E-state index contributed by atoms with van der Waals surface area (Å²) in [5.41, 5.74) is 1.34. The molecule has 14 heavy (non-hydrogen) atoms. The zero-order chi connectivity index (χ0) is 9.97. The highest BCUT2D eigenvalue weighted by molar-refractivity contribution is 5.91. The summed E-state index contributed by atoms with van der Waals surface area (Å²) in [6.45, 7) is 2.22. The molecule has 0 radical (unpaired) electrons. The summed E-state index contributed by atoms with van der Waals surface area (Å²) in [4.78, 5) is 11.2. The second-order valence-corrected chi connectivity index (χ2v) is 2.85. The minimum absolute atomic E-state index is 0.279. The molecule has 0 spiro atoms. The predicted molar refractivity (Wildman–Crippen MR) is 46.1 cm³/mol. The number of tetrazole rings is 1. The molecule has 0 atom stereocenters. The average Bonchev–Trinajstić information content (AvgIpc) is 2.75. The van der Waals surface area contributed by atoms with Gasteiger partial charge in [0.15, 0.2) is 0 Å². The van der Waals surface area contributed by atoms with Gasteiger partial charge >= 0.3 is 5.97 Å². The maximum Gasteiger partial charge on any atom is 0.335 e. The van der Waals surface area contributed by atoms with Crippen LogP contribution in [0.4, 0.5) is 5.95 Å². The molecule has 1 saturated heterocycles. The smallest absolute Gasteiger partial charge is 0.335 e. The van der Waals surface area contributed by atoms with E-state index in [1.165, 1.54) is 0 Å². The van der Waals surface area contributed by atoms with Gasteiger partial charge in [-0.2, -0.15) is 5.21 Å². The second-order valence-electron chi connectivity index (χ2n) is 2.85. The fraction of sp³-hybridized carbons (Fsp3) is 0.429. The molecule has 1 aliphatic rings. The van der Waals surface area contributed by atoms with Crippen molar-refractivity contribution in [2.24, 2.45) is 0 Å². The first-order valence-electron chi connectivity index (χ1n) is 4.14. The van der Waals surface area contributed by atoms with E-state index in [9.17, 15) is 4.79 Å². The molecule has 2 rings (SSSR count). The highest BCUT2D eigenvalue weighted by atomic mass is 16.5. The van der Waals surface area contributed by atoms with Crippen LogP contribution in [0, 0.1) is 0 Å². The summed E-state index contributed by atoms with van der Waals surface area (Å²) in [5.74, 6) is 0.0631. The van der Waals surface area contributed by atoms with E-state index in [0.717, 1.165) is 0 Å². The number of ether oxygens (including phenoxy) is 1. The van der Waals surface area contributed by atoms with Gasteiger partial charge in [0.2, 0.25) is 0 Å². The molecule has 1 aromatic rings. The highest BCUT2D eigenvalue weighted by Gasteiger charge is 2.21. The molecule has 0 aromatic carbocycles. The minimum Gasteiger partial charge on any atom is -0.462 e. The number of allylic oxidation sites excluding steroid dienone is 1. The van der Waals surface area contributed by atoms with Gasteiger partial charge in [0, 0.05) is 12.1 Å². The van der Waals surface area contributed by atoms with E-state index in [1.807, 2.05) is 0 Å². The Balaban J connectivity index is 2.15. The van der Waals surface area contributed by atoms with Gasteiger partial charge in [0.05, 0.1) is 12.2 Å². The zero-order valence-electron chi connectivity index (χ0n) is 7.57. The zero-order valence-corrected chi connectivity index (χ0v) is 7.57. The van der Waals surface area contributed by atoms with E-state index < -0.39 is 0 Å². The lowest BCUT2D eigenvalue weighted by Crippen LogP contribution is -2.05. The summed E-state index contributed by atoms with van der Waals surface area (Å²) in [5, 5.41) is 16.0. The Labute approximate surface area is 79.5 Å². The SMILES string of the molecule is C/C(Nc1nn[nH]n1)=C1\CCOC1=O. The topological polar surface area (TPSA) is 92.8 Å². The molecule has 2 N–H and O–H groups in total. The van der Waals surface area contributed by atoms with Crippen LogP contribution >= 0.6 is 0 Å². The fourth-order valence-electron chi connectivity index (χ4n) is 1.23. The third kappa shape index (κ3) is 1.56. The van der Waals surface area contributed by atoms with Crippen molar-refractivity contribution in [2.45, 2.75) is 13.3 Å². The molecule has 1 aromatic heterocycles. The Morgan fingerprint density at radius 3 is 3.07 bits per heavy atom. The summed E-state index contributed by atoms with van der Waals surface area (Å²) in [6, 6.07) is 0. The Bertz CT molecular complexity index is 369. The van der Waals surface area contributed by atoms with Gasteiger partial charge in [-0.05, 0) is 12.1 Å². The van der Waals surface area contributed by atoms with E-state index in [0.29, 0.717) is 30.2 Å². The fourth-order valence-corrected chi connectivity index (χ4v) is 1.23. The molecule has 1 fully saturated rings. The Kier molecular flexibility index (Phi) is 2.13. The quantitative estimate of drug-likeness (QED) is 0.502. The maximum absolute atomic E-state index is 11.2. The van der Waals surface area contributed by atoms with Crippen LogP contribution in [0.3, 0.4) is 0 Å². The van der Waals surface area contributed by atoms with Crippen molar-refractivity contribution in [2.75, 3.05) is 11.9 Å². The average molecular weight is 195 g/mol. The number of esters is 1. The molecule has 0 amide bonds. The molecule has 0 aliphatic carbocycles. The van der Waals surface area contributed by atoms with Gasteiger partial charge < -0.3 is 10.1 Å². The van der Waals surface area contributed by atoms with Crippen molar-refractivity contribution in [1.82, 2.24) is 20.6 Å². The van der Waals surface area contributed by atoms with E-state index in [4.69, 9.17) is 4.74 Å². The van der Waals surface area contributed by atoms with Crippen molar-refractivity contribution >= 4 is 11.9 Å². The molecule has 0 saturated carbocycles. The van der Waals surface area contributed by atoms with Gasteiger partial charge in [0.25, 0.3) is 5.95 Å². The lowest BCUT2D eigenvalue weighted by molar-refractivity contribution is -0.135. The van der Waals surface area contributed by atoms with Crippen LogP contribution in [0.5, 0.6) is 0 Å². The monoisotopic (exact) mass is 195 g/mol. The number of rotatable bonds is 2. The Hall–Kier alpha value is -1.92. The van der Waals surface area contributed by atoms with Crippen molar-refractivity contribution < 1.29 is 9.53 Å². The number of nitrogens with one attached hydrogen (secondary N) is 2. The second kappa shape index (κ2) is 3.44. The largest absolute Gasteiger partial charge is 0.462 e. The number of aromatic amines is 1. The summed E-state index contributed by atoms with van der Waals surface area (Å²) >= 11 is 0. The highest BCUT2D eigenvalue weighted by Crippen LogP contribution is 2.17. The van der Waals surface area contributed by atoms with E-state index >= 15 is 0 Å². The van der Waals surface area contributed by atoms with Crippen LogP contribution in [-0.2, 0) is 9.53 Å². The van der Waals surface area contributed by atoms with Crippen LogP contribution in [0.1, 0.15) is 13.3 Å². The van der Waals surface area contributed by atoms with Crippen molar-refractivity contribution in [3.05, 3.63) is 11.3 Å². The molecule has 74 valence electrons. The van der Waals surface area contributed by atoms with Gasteiger partial charge in [-0.3, -0.25) is 0 Å². The van der Waals surface area contributed by atoms with Crippen LogP contribution in [0.25, 0.3) is 0 Å². The molecule has 7 nitrogen and oxygen atoms in total. The summed E-state index contributed by atoms with van der Waals surface area (Å²) < 4.78 is 4.80. The van der Waals surface area contributed by atoms with E-state index in [-0.39, 0.29) is 5.97 Å². The first kappa shape index (κ1) is 8.67. The number of anilines is 1. The summed E-state index contributed by atoms with van der Waals surface area (Å²) in [6.07, 6.45) is 0.621. The molecule has 1 aliphatic heterocycles. The normalized spacial score (nSPS) is 19.4. The molecular formula is C7H9N5O2.